The van der Waals surface area contributed by atoms with Crippen molar-refractivity contribution in [3.05, 3.63) is 28.8 Å². The van der Waals surface area contributed by atoms with E-state index in [2.05, 4.69) is 26.1 Å². The first kappa shape index (κ1) is 16.2. The smallest absolute Gasteiger partial charge is 0.248 e. The van der Waals surface area contributed by atoms with Crippen molar-refractivity contribution in [2.75, 3.05) is 5.32 Å². The van der Waals surface area contributed by atoms with Gasteiger partial charge in [0.05, 0.1) is 10.7 Å². The van der Waals surface area contributed by atoms with Crippen molar-refractivity contribution in [2.45, 2.75) is 52.5 Å². The molecular formula is C17H25ClN2O. The molecule has 116 valence electrons. The van der Waals surface area contributed by atoms with Crippen molar-refractivity contribution in [3.63, 3.8) is 0 Å². The van der Waals surface area contributed by atoms with Crippen molar-refractivity contribution in [1.82, 2.24) is 0 Å². The SMILES string of the molecule is CC(C)(C)C1CCC(Nc2cc(C(N)=O)ccc2Cl)CC1. The van der Waals surface area contributed by atoms with E-state index in [0.717, 1.165) is 24.4 Å². The quantitative estimate of drug-likeness (QED) is 0.866. The van der Waals surface area contributed by atoms with E-state index in [1.165, 1.54) is 12.8 Å². The van der Waals surface area contributed by atoms with Crippen LogP contribution in [-0.2, 0) is 0 Å². The summed E-state index contributed by atoms with van der Waals surface area (Å²) in [5, 5.41) is 4.11. The van der Waals surface area contributed by atoms with Crippen molar-refractivity contribution >= 4 is 23.2 Å². The molecule has 0 atom stereocenters. The van der Waals surface area contributed by atoms with E-state index < -0.39 is 5.91 Å². The predicted octanol–water partition coefficient (Wildman–Crippen LogP) is 4.46. The van der Waals surface area contributed by atoms with Gasteiger partial charge in [0.2, 0.25) is 5.91 Å². The number of halogens is 1. The molecule has 21 heavy (non-hydrogen) atoms. The molecule has 0 bridgehead atoms. The van der Waals surface area contributed by atoms with E-state index in [1.54, 1.807) is 18.2 Å². The lowest BCUT2D eigenvalue weighted by Crippen LogP contribution is -2.31. The van der Waals surface area contributed by atoms with Gasteiger partial charge in [0, 0.05) is 11.6 Å². The minimum absolute atomic E-state index is 0.383. The summed E-state index contributed by atoms with van der Waals surface area (Å²) in [5.41, 5.74) is 7.01. The minimum Gasteiger partial charge on any atom is -0.381 e. The predicted molar refractivity (Wildman–Crippen MR) is 88.8 cm³/mol. The van der Waals surface area contributed by atoms with Crippen LogP contribution in [0.4, 0.5) is 5.69 Å². The molecule has 4 heteroatoms. The lowest BCUT2D eigenvalue weighted by atomic mass is 9.71. The first-order chi connectivity index (χ1) is 9.77. The summed E-state index contributed by atoms with van der Waals surface area (Å²) in [7, 11) is 0. The van der Waals surface area contributed by atoms with Crippen molar-refractivity contribution in [1.29, 1.82) is 0 Å². The molecule has 0 aliphatic heterocycles. The number of nitrogens with one attached hydrogen (secondary N) is 1. The van der Waals surface area contributed by atoms with E-state index in [-0.39, 0.29) is 0 Å². The van der Waals surface area contributed by atoms with Crippen LogP contribution in [-0.4, -0.2) is 11.9 Å². The Kier molecular flexibility index (Phi) is 4.82. The van der Waals surface area contributed by atoms with Crippen LogP contribution in [0.2, 0.25) is 5.02 Å². The van der Waals surface area contributed by atoms with Gasteiger partial charge in [-0.15, -0.1) is 0 Å². The summed E-state index contributed by atoms with van der Waals surface area (Å²) in [6, 6.07) is 5.56. The number of hydrogen-bond acceptors (Lipinski definition) is 2. The normalized spacial score (nSPS) is 22.9. The van der Waals surface area contributed by atoms with Gasteiger partial charge < -0.3 is 11.1 Å². The number of benzene rings is 1. The van der Waals surface area contributed by atoms with Gasteiger partial charge in [-0.2, -0.15) is 0 Å². The molecule has 0 heterocycles. The maximum absolute atomic E-state index is 11.3. The lowest BCUT2D eigenvalue weighted by Gasteiger charge is -2.37. The third kappa shape index (κ3) is 4.13. The Hall–Kier alpha value is -1.22. The highest BCUT2D eigenvalue weighted by Gasteiger charge is 2.29. The van der Waals surface area contributed by atoms with E-state index in [1.807, 2.05) is 0 Å². The highest BCUT2D eigenvalue weighted by Crippen LogP contribution is 2.38. The molecule has 0 radical (unpaired) electrons. The first-order valence-electron chi connectivity index (χ1n) is 7.63. The topological polar surface area (TPSA) is 55.1 Å². The average molecular weight is 309 g/mol. The van der Waals surface area contributed by atoms with Crippen LogP contribution in [0.15, 0.2) is 18.2 Å². The van der Waals surface area contributed by atoms with Gasteiger partial charge in [-0.05, 0) is 55.2 Å². The van der Waals surface area contributed by atoms with Crippen molar-refractivity contribution < 1.29 is 4.79 Å². The van der Waals surface area contributed by atoms with E-state index >= 15 is 0 Å². The standard InChI is InChI=1S/C17H25ClN2O/c1-17(2,3)12-5-7-13(8-6-12)20-15-10-11(16(19)21)4-9-14(15)18/h4,9-10,12-13,20H,5-8H2,1-3H3,(H2,19,21). The number of primary amides is 1. The number of amides is 1. The Morgan fingerprint density at radius 3 is 2.38 bits per heavy atom. The van der Waals surface area contributed by atoms with Gasteiger partial charge in [-0.3, -0.25) is 4.79 Å². The Balaban J connectivity index is 2.01. The van der Waals surface area contributed by atoms with E-state index in [4.69, 9.17) is 17.3 Å². The fourth-order valence-electron chi connectivity index (χ4n) is 3.11. The fraction of sp³-hybridized carbons (Fsp3) is 0.588. The molecular weight excluding hydrogens is 284 g/mol. The minimum atomic E-state index is -0.425. The van der Waals surface area contributed by atoms with Gasteiger partial charge in [0.1, 0.15) is 0 Å². The molecule has 0 saturated heterocycles. The van der Waals surface area contributed by atoms with E-state index in [9.17, 15) is 4.79 Å². The second-order valence-electron chi connectivity index (χ2n) is 7.12. The van der Waals surface area contributed by atoms with Crippen LogP contribution in [0.5, 0.6) is 0 Å². The maximum atomic E-state index is 11.3. The summed E-state index contributed by atoms with van der Waals surface area (Å²) in [6.45, 7) is 6.95. The molecule has 2 rings (SSSR count). The molecule has 1 aliphatic carbocycles. The zero-order valence-corrected chi connectivity index (χ0v) is 13.8. The van der Waals surface area contributed by atoms with Crippen LogP contribution < -0.4 is 11.1 Å². The molecule has 3 nitrogen and oxygen atoms in total. The van der Waals surface area contributed by atoms with Gasteiger partial charge >= 0.3 is 0 Å². The Morgan fingerprint density at radius 1 is 1.24 bits per heavy atom. The van der Waals surface area contributed by atoms with Gasteiger partial charge in [-0.25, -0.2) is 0 Å². The largest absolute Gasteiger partial charge is 0.381 e. The van der Waals surface area contributed by atoms with Crippen LogP contribution in [0.1, 0.15) is 56.8 Å². The highest BCUT2D eigenvalue weighted by molar-refractivity contribution is 6.33. The summed E-state index contributed by atoms with van der Waals surface area (Å²) in [5.74, 6) is 0.356. The molecule has 1 aromatic rings. The summed E-state index contributed by atoms with van der Waals surface area (Å²) in [4.78, 5) is 11.3. The maximum Gasteiger partial charge on any atom is 0.248 e. The zero-order chi connectivity index (χ0) is 15.6. The molecule has 0 spiro atoms. The Bertz CT molecular complexity index is 514. The third-order valence-corrected chi connectivity index (χ3v) is 4.89. The second-order valence-corrected chi connectivity index (χ2v) is 7.52. The number of carbonyl (C=O) groups is 1. The number of anilines is 1. The second kappa shape index (κ2) is 6.27. The van der Waals surface area contributed by atoms with Crippen LogP contribution in [0.25, 0.3) is 0 Å². The molecule has 1 aromatic carbocycles. The van der Waals surface area contributed by atoms with Crippen molar-refractivity contribution in [3.8, 4) is 0 Å². The molecule has 1 amide bonds. The Labute approximate surface area is 132 Å². The average Bonchev–Trinajstić information content (AvgIpc) is 2.40. The molecule has 3 N–H and O–H groups in total. The van der Waals surface area contributed by atoms with Gasteiger partial charge in [-0.1, -0.05) is 32.4 Å². The third-order valence-electron chi connectivity index (χ3n) is 4.56. The highest BCUT2D eigenvalue weighted by atomic mass is 35.5. The van der Waals surface area contributed by atoms with Crippen molar-refractivity contribution in [2.24, 2.45) is 17.1 Å². The summed E-state index contributed by atoms with van der Waals surface area (Å²) in [6.07, 6.45) is 4.74. The van der Waals surface area contributed by atoms with Gasteiger partial charge in [0.15, 0.2) is 0 Å². The number of rotatable bonds is 3. The number of carbonyl (C=O) groups excluding carboxylic acids is 1. The van der Waals surface area contributed by atoms with Crippen LogP contribution in [0.3, 0.4) is 0 Å². The summed E-state index contributed by atoms with van der Waals surface area (Å²) < 4.78 is 0. The Morgan fingerprint density at radius 2 is 1.86 bits per heavy atom. The molecule has 0 aromatic heterocycles. The molecule has 1 aliphatic rings. The number of nitrogens with two attached hydrogens (primary N) is 1. The molecule has 0 unspecified atom stereocenters. The van der Waals surface area contributed by atoms with Gasteiger partial charge in [0.25, 0.3) is 0 Å². The molecule has 1 saturated carbocycles. The van der Waals surface area contributed by atoms with E-state index in [0.29, 0.717) is 22.0 Å². The molecule has 1 fully saturated rings. The zero-order valence-electron chi connectivity index (χ0n) is 13.1. The lowest BCUT2D eigenvalue weighted by molar-refractivity contribution is 0.100. The monoisotopic (exact) mass is 308 g/mol. The fourth-order valence-corrected chi connectivity index (χ4v) is 3.28. The summed E-state index contributed by atoms with van der Waals surface area (Å²) >= 11 is 6.21. The number of hydrogen-bond donors (Lipinski definition) is 2. The first-order valence-corrected chi connectivity index (χ1v) is 8.01. The van der Waals surface area contributed by atoms with Crippen LogP contribution >= 0.6 is 11.6 Å². The van der Waals surface area contributed by atoms with Crippen LogP contribution in [0, 0.1) is 11.3 Å².